The predicted molar refractivity (Wildman–Crippen MR) is 67.0 cm³/mol. The van der Waals surface area contributed by atoms with Crippen LogP contribution in [0.3, 0.4) is 0 Å². The first-order chi connectivity index (χ1) is 7.81. The Labute approximate surface area is 100 Å². The van der Waals surface area contributed by atoms with E-state index in [4.69, 9.17) is 5.73 Å². The van der Waals surface area contributed by atoms with Gasteiger partial charge in [-0.3, -0.25) is 4.72 Å². The Morgan fingerprint density at radius 1 is 1.47 bits per heavy atom. The number of rotatable bonds is 5. The van der Waals surface area contributed by atoms with Crippen LogP contribution in [-0.2, 0) is 10.0 Å². The molecule has 4 N–H and O–H groups in total. The van der Waals surface area contributed by atoms with Crippen molar-refractivity contribution in [3.05, 3.63) is 24.0 Å². The molecule has 0 spiro atoms. The van der Waals surface area contributed by atoms with Crippen LogP contribution in [0.4, 0.5) is 15.8 Å². The van der Waals surface area contributed by atoms with Crippen LogP contribution in [-0.4, -0.2) is 27.3 Å². The van der Waals surface area contributed by atoms with E-state index in [0.29, 0.717) is 12.2 Å². The normalized spacial score (nSPS) is 13.2. The van der Waals surface area contributed by atoms with E-state index in [1.807, 2.05) is 6.92 Å². The topological polar surface area (TPSA) is 84.2 Å². The van der Waals surface area contributed by atoms with Crippen LogP contribution >= 0.6 is 0 Å². The second-order valence-electron chi connectivity index (χ2n) is 3.85. The molecule has 0 amide bonds. The molecule has 1 rings (SSSR count). The van der Waals surface area contributed by atoms with Gasteiger partial charge in [0.25, 0.3) is 0 Å². The van der Waals surface area contributed by atoms with Crippen LogP contribution in [0.5, 0.6) is 0 Å². The van der Waals surface area contributed by atoms with Crippen LogP contribution < -0.4 is 15.8 Å². The zero-order valence-corrected chi connectivity index (χ0v) is 10.5. The van der Waals surface area contributed by atoms with Gasteiger partial charge in [0.05, 0.1) is 11.9 Å². The molecule has 0 radical (unpaired) electrons. The summed E-state index contributed by atoms with van der Waals surface area (Å²) in [4.78, 5) is 0. The lowest BCUT2D eigenvalue weighted by Crippen LogP contribution is -2.25. The van der Waals surface area contributed by atoms with Crippen molar-refractivity contribution in [2.75, 3.05) is 22.8 Å². The Kier molecular flexibility index (Phi) is 4.30. The highest BCUT2D eigenvalue weighted by Crippen LogP contribution is 2.20. The minimum absolute atomic E-state index is 0.0199. The van der Waals surface area contributed by atoms with Crippen molar-refractivity contribution in [2.24, 2.45) is 5.73 Å². The third-order valence-corrected chi connectivity index (χ3v) is 2.62. The summed E-state index contributed by atoms with van der Waals surface area (Å²) in [5.74, 6) is -0.624. The Morgan fingerprint density at radius 2 is 2.12 bits per heavy atom. The number of anilines is 2. The average molecular weight is 261 g/mol. The van der Waals surface area contributed by atoms with Crippen molar-refractivity contribution in [3.8, 4) is 0 Å². The van der Waals surface area contributed by atoms with Gasteiger partial charge < -0.3 is 11.1 Å². The number of nitrogens with two attached hydrogens (primary N) is 1. The molecule has 0 aliphatic rings. The largest absolute Gasteiger partial charge is 0.381 e. The van der Waals surface area contributed by atoms with Crippen LogP contribution in [0.15, 0.2) is 18.2 Å². The van der Waals surface area contributed by atoms with Crippen molar-refractivity contribution in [2.45, 2.75) is 13.0 Å². The SMILES string of the molecule is CC(CN)Nc1ccc(F)c(NS(C)(=O)=O)c1. The highest BCUT2D eigenvalue weighted by Gasteiger charge is 2.09. The predicted octanol–water partition coefficient (Wildman–Crippen LogP) is 0.956. The van der Waals surface area contributed by atoms with Gasteiger partial charge in [-0.2, -0.15) is 0 Å². The molecule has 7 heteroatoms. The lowest BCUT2D eigenvalue weighted by atomic mass is 10.2. The molecule has 0 aliphatic heterocycles. The minimum atomic E-state index is -3.49. The van der Waals surface area contributed by atoms with Gasteiger partial charge in [0.15, 0.2) is 0 Å². The zero-order chi connectivity index (χ0) is 13.1. The Hall–Kier alpha value is -1.34. The summed E-state index contributed by atoms with van der Waals surface area (Å²) in [6, 6.07) is 4.13. The molecule has 0 saturated carbocycles. The first-order valence-electron chi connectivity index (χ1n) is 5.06. The standard InChI is InChI=1S/C10H16FN3O2S/c1-7(6-12)13-8-3-4-9(11)10(5-8)14-17(2,15)16/h3-5,7,13-14H,6,12H2,1-2H3. The second kappa shape index (κ2) is 5.33. The summed E-state index contributed by atoms with van der Waals surface area (Å²) in [6.45, 7) is 2.29. The van der Waals surface area contributed by atoms with E-state index in [0.717, 1.165) is 6.26 Å². The molecule has 0 aromatic heterocycles. The Morgan fingerprint density at radius 3 is 2.65 bits per heavy atom. The molecule has 1 atom stereocenters. The quantitative estimate of drug-likeness (QED) is 0.737. The third kappa shape index (κ3) is 4.58. The van der Waals surface area contributed by atoms with Crippen LogP contribution in [0.2, 0.25) is 0 Å². The first kappa shape index (κ1) is 13.7. The number of hydrogen-bond acceptors (Lipinski definition) is 4. The van der Waals surface area contributed by atoms with Gasteiger partial charge in [-0.1, -0.05) is 0 Å². The Bertz CT molecular complexity index is 490. The van der Waals surface area contributed by atoms with E-state index in [1.54, 1.807) is 0 Å². The van der Waals surface area contributed by atoms with E-state index < -0.39 is 15.8 Å². The summed E-state index contributed by atoms with van der Waals surface area (Å²) in [5, 5.41) is 3.02. The van der Waals surface area contributed by atoms with Gasteiger partial charge in [-0.25, -0.2) is 12.8 Å². The van der Waals surface area contributed by atoms with Crippen molar-refractivity contribution in [1.29, 1.82) is 0 Å². The van der Waals surface area contributed by atoms with E-state index in [9.17, 15) is 12.8 Å². The molecule has 1 aromatic rings. The Balaban J connectivity index is 2.94. The van der Waals surface area contributed by atoms with Crippen molar-refractivity contribution >= 4 is 21.4 Å². The van der Waals surface area contributed by atoms with E-state index >= 15 is 0 Å². The van der Waals surface area contributed by atoms with Crippen LogP contribution in [0, 0.1) is 5.82 Å². The van der Waals surface area contributed by atoms with Gasteiger partial charge in [0.1, 0.15) is 5.82 Å². The lowest BCUT2D eigenvalue weighted by molar-refractivity contribution is 0.603. The molecule has 5 nitrogen and oxygen atoms in total. The monoisotopic (exact) mass is 261 g/mol. The number of sulfonamides is 1. The smallest absolute Gasteiger partial charge is 0.229 e. The van der Waals surface area contributed by atoms with Gasteiger partial charge in [0, 0.05) is 18.3 Å². The fourth-order valence-electron chi connectivity index (χ4n) is 1.24. The minimum Gasteiger partial charge on any atom is -0.381 e. The molecule has 0 aliphatic carbocycles. The van der Waals surface area contributed by atoms with Crippen molar-refractivity contribution < 1.29 is 12.8 Å². The fourth-order valence-corrected chi connectivity index (χ4v) is 1.79. The third-order valence-electron chi connectivity index (χ3n) is 2.03. The van der Waals surface area contributed by atoms with Crippen LogP contribution in [0.1, 0.15) is 6.92 Å². The van der Waals surface area contributed by atoms with Gasteiger partial charge >= 0.3 is 0 Å². The number of hydrogen-bond donors (Lipinski definition) is 3. The number of benzene rings is 1. The second-order valence-corrected chi connectivity index (χ2v) is 5.60. The zero-order valence-electron chi connectivity index (χ0n) is 9.70. The molecule has 17 heavy (non-hydrogen) atoms. The maximum Gasteiger partial charge on any atom is 0.229 e. The summed E-state index contributed by atoms with van der Waals surface area (Å²) in [5.41, 5.74) is 5.97. The molecule has 0 fully saturated rings. The molecule has 0 bridgehead atoms. The summed E-state index contributed by atoms with van der Waals surface area (Å²) < 4.78 is 37.5. The molecule has 96 valence electrons. The van der Waals surface area contributed by atoms with Crippen molar-refractivity contribution in [3.63, 3.8) is 0 Å². The molecule has 0 saturated heterocycles. The van der Waals surface area contributed by atoms with Gasteiger partial charge in [-0.05, 0) is 25.1 Å². The highest BCUT2D eigenvalue weighted by molar-refractivity contribution is 7.92. The fraction of sp³-hybridized carbons (Fsp3) is 0.400. The van der Waals surface area contributed by atoms with Crippen LogP contribution in [0.25, 0.3) is 0 Å². The molecular formula is C10H16FN3O2S. The number of halogens is 1. The highest BCUT2D eigenvalue weighted by atomic mass is 32.2. The maximum atomic E-state index is 13.3. The van der Waals surface area contributed by atoms with E-state index in [-0.39, 0.29) is 11.7 Å². The molecule has 0 heterocycles. The van der Waals surface area contributed by atoms with E-state index in [1.165, 1.54) is 18.2 Å². The summed E-state index contributed by atoms with van der Waals surface area (Å²) in [6.07, 6.45) is 0.967. The molecule has 1 unspecified atom stereocenters. The maximum absolute atomic E-state index is 13.3. The van der Waals surface area contributed by atoms with Gasteiger partial charge in [0.2, 0.25) is 10.0 Å². The average Bonchev–Trinajstić information content (AvgIpc) is 2.21. The van der Waals surface area contributed by atoms with Gasteiger partial charge in [-0.15, -0.1) is 0 Å². The molecule has 1 aromatic carbocycles. The molecular weight excluding hydrogens is 245 g/mol. The van der Waals surface area contributed by atoms with Crippen molar-refractivity contribution in [1.82, 2.24) is 0 Å². The summed E-state index contributed by atoms with van der Waals surface area (Å²) in [7, 11) is -3.49. The van der Waals surface area contributed by atoms with E-state index in [2.05, 4.69) is 10.0 Å². The number of nitrogens with one attached hydrogen (secondary N) is 2. The first-order valence-corrected chi connectivity index (χ1v) is 6.95. The lowest BCUT2D eigenvalue weighted by Gasteiger charge is -2.14. The summed E-state index contributed by atoms with van der Waals surface area (Å²) >= 11 is 0.